The van der Waals surface area contributed by atoms with Crippen molar-refractivity contribution >= 4 is 11.9 Å². The lowest BCUT2D eigenvalue weighted by Gasteiger charge is -2.07. The molecular weight excluding hydrogens is 142 g/mol. The lowest BCUT2D eigenvalue weighted by molar-refractivity contribution is -0.115. The van der Waals surface area contributed by atoms with Crippen LogP contribution in [0.25, 0.3) is 0 Å². The lowest BCUT2D eigenvalue weighted by atomic mass is 10.3. The van der Waals surface area contributed by atoms with Crippen molar-refractivity contribution in [2.75, 3.05) is 7.05 Å². The molecule has 0 spiro atoms. The highest BCUT2D eigenvalue weighted by Gasteiger charge is 2.25. The zero-order valence-corrected chi connectivity index (χ0v) is 6.64. The molecular formula is C7H11N3O. The van der Waals surface area contributed by atoms with Gasteiger partial charge in [-0.25, -0.2) is 0 Å². The van der Waals surface area contributed by atoms with Crippen LogP contribution in [0.5, 0.6) is 0 Å². The summed E-state index contributed by atoms with van der Waals surface area (Å²) in [6, 6.07) is 0. The van der Waals surface area contributed by atoms with E-state index in [1.807, 2.05) is 6.92 Å². The van der Waals surface area contributed by atoms with Crippen LogP contribution in [0, 0.1) is 5.41 Å². The van der Waals surface area contributed by atoms with Crippen molar-refractivity contribution in [3.8, 4) is 0 Å². The van der Waals surface area contributed by atoms with Crippen molar-refractivity contribution < 1.29 is 4.79 Å². The first-order chi connectivity index (χ1) is 5.16. The van der Waals surface area contributed by atoms with E-state index >= 15 is 0 Å². The summed E-state index contributed by atoms with van der Waals surface area (Å²) in [5, 5.41) is 9.65. The van der Waals surface area contributed by atoms with Gasteiger partial charge in [-0.15, -0.1) is 0 Å². The number of amides is 1. The Morgan fingerprint density at radius 3 is 2.73 bits per heavy atom. The van der Waals surface area contributed by atoms with E-state index in [0.717, 1.165) is 6.42 Å². The molecule has 0 atom stereocenters. The molecule has 0 aliphatic carbocycles. The molecule has 1 heterocycles. The van der Waals surface area contributed by atoms with Gasteiger partial charge < -0.3 is 4.90 Å². The zero-order valence-electron chi connectivity index (χ0n) is 6.64. The second-order valence-electron chi connectivity index (χ2n) is 2.36. The van der Waals surface area contributed by atoms with E-state index in [1.165, 1.54) is 4.90 Å². The van der Waals surface area contributed by atoms with Crippen molar-refractivity contribution in [2.45, 2.75) is 13.3 Å². The molecule has 0 unspecified atom stereocenters. The average molecular weight is 153 g/mol. The average Bonchev–Trinajstić information content (AvgIpc) is 2.17. The monoisotopic (exact) mass is 153 g/mol. The standard InChI is InChI=1S/C7H11N3O/c1-3-4-5-6(11)9-7(8)10(5)2/h4H,3H2,1-2H3,(H2,8,9,11)/b5-4+. The largest absolute Gasteiger partial charge is 0.311 e. The Hall–Kier alpha value is -1.32. The van der Waals surface area contributed by atoms with Crippen LogP contribution in [0.2, 0.25) is 0 Å². The zero-order chi connectivity index (χ0) is 8.43. The number of carbonyl (C=O) groups is 1. The van der Waals surface area contributed by atoms with E-state index in [1.54, 1.807) is 13.1 Å². The third kappa shape index (κ3) is 1.24. The van der Waals surface area contributed by atoms with Crippen LogP contribution in [-0.4, -0.2) is 23.8 Å². The number of nitrogens with one attached hydrogen (secondary N) is 2. The summed E-state index contributed by atoms with van der Waals surface area (Å²) in [4.78, 5) is 12.6. The van der Waals surface area contributed by atoms with E-state index in [0.29, 0.717) is 5.70 Å². The third-order valence-corrected chi connectivity index (χ3v) is 1.56. The van der Waals surface area contributed by atoms with Crippen molar-refractivity contribution in [2.24, 2.45) is 0 Å². The maximum Gasteiger partial charge on any atom is 0.274 e. The van der Waals surface area contributed by atoms with Gasteiger partial charge in [-0.2, -0.15) is 0 Å². The van der Waals surface area contributed by atoms with Gasteiger partial charge in [-0.1, -0.05) is 13.0 Å². The van der Waals surface area contributed by atoms with Gasteiger partial charge in [0.2, 0.25) is 5.96 Å². The molecule has 0 aromatic heterocycles. The molecule has 0 radical (unpaired) electrons. The van der Waals surface area contributed by atoms with Crippen LogP contribution in [0.4, 0.5) is 0 Å². The second-order valence-corrected chi connectivity index (χ2v) is 2.36. The summed E-state index contributed by atoms with van der Waals surface area (Å²) >= 11 is 0. The summed E-state index contributed by atoms with van der Waals surface area (Å²) in [5.74, 6) is -0.0333. The van der Waals surface area contributed by atoms with Gasteiger partial charge in [0.1, 0.15) is 5.70 Å². The topological polar surface area (TPSA) is 56.2 Å². The van der Waals surface area contributed by atoms with Crippen LogP contribution >= 0.6 is 0 Å². The molecule has 4 heteroatoms. The highest BCUT2D eigenvalue weighted by atomic mass is 16.2. The Morgan fingerprint density at radius 2 is 2.36 bits per heavy atom. The van der Waals surface area contributed by atoms with Crippen LogP contribution in [0.3, 0.4) is 0 Å². The number of allylic oxidation sites excluding steroid dienone is 1. The molecule has 0 bridgehead atoms. The van der Waals surface area contributed by atoms with Crippen LogP contribution in [-0.2, 0) is 4.79 Å². The molecule has 0 aromatic rings. The van der Waals surface area contributed by atoms with Gasteiger partial charge >= 0.3 is 0 Å². The Labute approximate surface area is 65.4 Å². The molecule has 1 rings (SSSR count). The molecule has 2 N–H and O–H groups in total. The molecule has 60 valence electrons. The number of hydrogen-bond acceptors (Lipinski definition) is 2. The molecule has 11 heavy (non-hydrogen) atoms. The van der Waals surface area contributed by atoms with Crippen molar-refractivity contribution in [3.05, 3.63) is 11.8 Å². The number of guanidine groups is 1. The van der Waals surface area contributed by atoms with Crippen LogP contribution < -0.4 is 5.32 Å². The van der Waals surface area contributed by atoms with Crippen molar-refractivity contribution in [1.82, 2.24) is 10.2 Å². The number of rotatable bonds is 1. The molecule has 1 saturated heterocycles. The molecule has 0 saturated carbocycles. The molecule has 0 aromatic carbocycles. The number of hydrogen-bond donors (Lipinski definition) is 2. The second kappa shape index (κ2) is 2.74. The first-order valence-electron chi connectivity index (χ1n) is 3.50. The van der Waals surface area contributed by atoms with Crippen molar-refractivity contribution in [3.63, 3.8) is 0 Å². The maximum atomic E-state index is 11.0. The van der Waals surface area contributed by atoms with Gasteiger partial charge in [0.15, 0.2) is 0 Å². The fourth-order valence-electron chi connectivity index (χ4n) is 0.951. The molecule has 1 fully saturated rings. The predicted octanol–water partition coefficient (Wildman–Crippen LogP) is 0.277. The Kier molecular flexibility index (Phi) is 1.94. The summed E-state index contributed by atoms with van der Waals surface area (Å²) in [6.07, 6.45) is 2.61. The molecule has 1 aliphatic rings. The lowest BCUT2D eigenvalue weighted by Crippen LogP contribution is -2.25. The Balaban J connectivity index is 2.88. The molecule has 1 amide bonds. The van der Waals surface area contributed by atoms with Crippen LogP contribution in [0.1, 0.15) is 13.3 Å². The highest BCUT2D eigenvalue weighted by molar-refractivity contribution is 6.12. The summed E-state index contributed by atoms with van der Waals surface area (Å²) in [5.41, 5.74) is 0.567. The number of carbonyl (C=O) groups excluding carboxylic acids is 1. The van der Waals surface area contributed by atoms with Gasteiger partial charge in [-0.05, 0) is 6.42 Å². The smallest absolute Gasteiger partial charge is 0.274 e. The van der Waals surface area contributed by atoms with Gasteiger partial charge in [0.05, 0.1) is 0 Å². The number of nitrogens with zero attached hydrogens (tertiary/aromatic N) is 1. The molecule has 4 nitrogen and oxygen atoms in total. The first-order valence-corrected chi connectivity index (χ1v) is 3.50. The fraction of sp³-hybridized carbons (Fsp3) is 0.429. The summed E-state index contributed by atoms with van der Waals surface area (Å²) in [7, 11) is 1.70. The highest BCUT2D eigenvalue weighted by Crippen LogP contribution is 2.08. The Bertz CT molecular complexity index is 232. The minimum atomic E-state index is -0.181. The quantitative estimate of drug-likeness (QED) is 0.531. The minimum Gasteiger partial charge on any atom is -0.311 e. The van der Waals surface area contributed by atoms with E-state index in [9.17, 15) is 4.79 Å². The van der Waals surface area contributed by atoms with Gasteiger partial charge in [0.25, 0.3) is 5.91 Å². The minimum absolute atomic E-state index is 0.148. The van der Waals surface area contributed by atoms with E-state index in [4.69, 9.17) is 5.41 Å². The summed E-state index contributed by atoms with van der Waals surface area (Å²) < 4.78 is 0. The number of likely N-dealkylation sites (N-methyl/N-ethyl adjacent to an activating group) is 1. The Morgan fingerprint density at radius 1 is 1.73 bits per heavy atom. The van der Waals surface area contributed by atoms with E-state index in [2.05, 4.69) is 5.32 Å². The third-order valence-electron chi connectivity index (χ3n) is 1.56. The van der Waals surface area contributed by atoms with E-state index < -0.39 is 0 Å². The van der Waals surface area contributed by atoms with Crippen molar-refractivity contribution in [1.29, 1.82) is 5.41 Å². The van der Waals surface area contributed by atoms with Gasteiger partial charge in [-0.3, -0.25) is 15.5 Å². The van der Waals surface area contributed by atoms with E-state index in [-0.39, 0.29) is 11.9 Å². The normalized spacial score (nSPS) is 21.3. The first kappa shape index (κ1) is 7.78. The maximum absolute atomic E-state index is 11.0. The fourth-order valence-corrected chi connectivity index (χ4v) is 0.951. The summed E-state index contributed by atoms with van der Waals surface area (Å²) in [6.45, 7) is 1.95. The van der Waals surface area contributed by atoms with Gasteiger partial charge in [0, 0.05) is 7.05 Å². The molecule has 1 aliphatic heterocycles. The van der Waals surface area contributed by atoms with Crippen LogP contribution in [0.15, 0.2) is 11.8 Å². The SMILES string of the molecule is CC/C=C1\C(=O)NC(=N)N1C. The predicted molar refractivity (Wildman–Crippen MR) is 42.0 cm³/mol.